The number of methoxy groups -OCH3 is 2. The Labute approximate surface area is 292 Å². The summed E-state index contributed by atoms with van der Waals surface area (Å²) in [5, 5.41) is 25.5. The molecule has 2 rings (SSSR count). The quantitative estimate of drug-likeness (QED) is 0.157. The molecule has 2 unspecified atom stereocenters. The van der Waals surface area contributed by atoms with Gasteiger partial charge in [0, 0.05) is 27.8 Å². The van der Waals surface area contributed by atoms with Crippen LogP contribution >= 0.6 is 0 Å². The van der Waals surface area contributed by atoms with Crippen LogP contribution in [0.25, 0.3) is 0 Å². The Kier molecular flexibility index (Phi) is 16.6. The van der Waals surface area contributed by atoms with Gasteiger partial charge < -0.3 is 40.1 Å². The van der Waals surface area contributed by atoms with E-state index in [1.807, 2.05) is 44.2 Å². The first-order valence-electron chi connectivity index (χ1n) is 17.3. The smallest absolute Gasteiger partial charge is 0.242 e. The minimum atomic E-state index is -1.77. The molecular weight excluding hydrogens is 630 g/mol. The van der Waals surface area contributed by atoms with Crippen molar-refractivity contribution in [1.82, 2.24) is 25.3 Å². The lowest BCUT2D eigenvalue weighted by atomic mass is 9.90. The lowest BCUT2D eigenvalue weighted by Crippen LogP contribution is -2.56. The van der Waals surface area contributed by atoms with Crippen molar-refractivity contribution in [1.29, 1.82) is 0 Å². The predicted molar refractivity (Wildman–Crippen MR) is 187 cm³/mol. The Morgan fingerprint density at radius 3 is 2.20 bits per heavy atom. The Morgan fingerprint density at radius 2 is 1.67 bits per heavy atom. The first-order valence-corrected chi connectivity index (χ1v) is 17.3. The SMILES string of the molecule is CCC(C)[C@@H](C(CC(=O)N1CCC[C@H]1[C@H](OC)[C@@H](C)C(=O)N[C@@H](Cc1ccccc1)C(O)O)OC)N(C)C(=O)CNC(=O)C(C)(C)N(C)C. The molecule has 1 fully saturated rings. The van der Waals surface area contributed by atoms with Crippen LogP contribution in [0.3, 0.4) is 0 Å². The lowest BCUT2D eigenvalue weighted by molar-refractivity contribution is -0.146. The molecule has 1 saturated heterocycles. The first kappa shape index (κ1) is 42.1. The number of aliphatic hydroxyl groups excluding tert-OH is 1. The molecule has 0 saturated carbocycles. The minimum Gasteiger partial charge on any atom is -0.379 e. The summed E-state index contributed by atoms with van der Waals surface area (Å²) in [6.07, 6.45) is -0.714. The van der Waals surface area contributed by atoms with Crippen LogP contribution in [-0.4, -0.2) is 139 Å². The molecule has 49 heavy (non-hydrogen) atoms. The Morgan fingerprint density at radius 1 is 1.04 bits per heavy atom. The monoisotopic (exact) mass is 691 g/mol. The summed E-state index contributed by atoms with van der Waals surface area (Å²) in [6, 6.07) is 7.49. The molecule has 13 heteroatoms. The molecular formula is C36H61N5O8. The molecule has 0 aromatic heterocycles. The van der Waals surface area contributed by atoms with E-state index in [1.54, 1.807) is 56.6 Å². The average Bonchev–Trinajstić information content (AvgIpc) is 3.56. The summed E-state index contributed by atoms with van der Waals surface area (Å²) in [6.45, 7) is 9.58. The number of nitrogens with zero attached hydrogens (tertiary/aromatic N) is 3. The van der Waals surface area contributed by atoms with Crippen LogP contribution in [0, 0.1) is 11.8 Å². The summed E-state index contributed by atoms with van der Waals surface area (Å²) in [5.41, 5.74) is 0.0448. The van der Waals surface area contributed by atoms with Gasteiger partial charge in [-0.15, -0.1) is 0 Å². The number of amides is 4. The second-order valence-corrected chi connectivity index (χ2v) is 14.0. The van der Waals surface area contributed by atoms with Gasteiger partial charge in [-0.3, -0.25) is 24.1 Å². The summed E-state index contributed by atoms with van der Waals surface area (Å²) >= 11 is 0. The van der Waals surface area contributed by atoms with Crippen molar-refractivity contribution in [2.24, 2.45) is 11.8 Å². The van der Waals surface area contributed by atoms with Gasteiger partial charge in [0.15, 0.2) is 6.29 Å². The van der Waals surface area contributed by atoms with E-state index in [0.717, 1.165) is 18.4 Å². The number of carbonyl (C=O) groups is 4. The average molecular weight is 692 g/mol. The van der Waals surface area contributed by atoms with Gasteiger partial charge in [0.25, 0.3) is 0 Å². The number of aliphatic hydroxyl groups is 2. The van der Waals surface area contributed by atoms with E-state index >= 15 is 0 Å². The Bertz CT molecular complexity index is 1210. The molecule has 13 nitrogen and oxygen atoms in total. The zero-order chi connectivity index (χ0) is 37.1. The number of ether oxygens (including phenoxy) is 2. The maximum Gasteiger partial charge on any atom is 0.242 e. The topological polar surface area (TPSA) is 161 Å². The molecule has 0 aliphatic carbocycles. The highest BCUT2D eigenvalue weighted by Crippen LogP contribution is 2.29. The van der Waals surface area contributed by atoms with Crippen LogP contribution in [0.15, 0.2) is 30.3 Å². The Balaban J connectivity index is 2.17. The largest absolute Gasteiger partial charge is 0.379 e. The van der Waals surface area contributed by atoms with Crippen molar-refractivity contribution in [3.05, 3.63) is 35.9 Å². The molecule has 278 valence electrons. The molecule has 7 atom stereocenters. The fourth-order valence-corrected chi connectivity index (χ4v) is 6.44. The molecule has 0 bridgehead atoms. The van der Waals surface area contributed by atoms with Crippen molar-refractivity contribution in [2.75, 3.05) is 48.5 Å². The summed E-state index contributed by atoms with van der Waals surface area (Å²) in [7, 11) is 8.31. The predicted octanol–water partition coefficient (Wildman–Crippen LogP) is 1.40. The molecule has 1 aliphatic heterocycles. The van der Waals surface area contributed by atoms with Gasteiger partial charge in [-0.25, -0.2) is 0 Å². The number of benzene rings is 1. The maximum atomic E-state index is 14.0. The van der Waals surface area contributed by atoms with E-state index in [9.17, 15) is 29.4 Å². The molecule has 1 aromatic rings. The van der Waals surface area contributed by atoms with Gasteiger partial charge in [0.1, 0.15) is 0 Å². The van der Waals surface area contributed by atoms with Crippen molar-refractivity contribution in [3.8, 4) is 0 Å². The molecule has 4 amide bonds. The van der Waals surface area contributed by atoms with E-state index < -0.39 is 47.9 Å². The molecule has 0 radical (unpaired) electrons. The number of nitrogens with one attached hydrogen (secondary N) is 2. The van der Waals surface area contributed by atoms with Crippen molar-refractivity contribution in [3.63, 3.8) is 0 Å². The van der Waals surface area contributed by atoms with Crippen LogP contribution in [0.4, 0.5) is 0 Å². The number of likely N-dealkylation sites (tertiary alicyclic amines) is 1. The zero-order valence-corrected chi connectivity index (χ0v) is 31.1. The normalized spacial score (nSPS) is 18.8. The maximum absolute atomic E-state index is 14.0. The van der Waals surface area contributed by atoms with Crippen molar-refractivity contribution in [2.45, 2.75) is 109 Å². The van der Waals surface area contributed by atoms with E-state index in [4.69, 9.17) is 9.47 Å². The fourth-order valence-electron chi connectivity index (χ4n) is 6.44. The first-order chi connectivity index (χ1) is 23.0. The molecule has 1 aliphatic rings. The van der Waals surface area contributed by atoms with Crippen LogP contribution in [0.5, 0.6) is 0 Å². The van der Waals surface area contributed by atoms with Crippen LogP contribution in [-0.2, 0) is 35.1 Å². The highest BCUT2D eigenvalue weighted by molar-refractivity contribution is 5.89. The summed E-state index contributed by atoms with van der Waals surface area (Å²) in [4.78, 5) is 58.6. The third-order valence-corrected chi connectivity index (χ3v) is 10.4. The van der Waals surface area contributed by atoms with Gasteiger partial charge in [-0.2, -0.15) is 0 Å². The lowest BCUT2D eigenvalue weighted by Gasteiger charge is -2.39. The third kappa shape index (κ3) is 11.2. The highest BCUT2D eigenvalue weighted by atomic mass is 16.5. The minimum absolute atomic E-state index is 0.00646. The van der Waals surface area contributed by atoms with E-state index in [-0.39, 0.29) is 49.1 Å². The second kappa shape index (κ2) is 19.3. The summed E-state index contributed by atoms with van der Waals surface area (Å²) in [5.74, 6) is -1.87. The van der Waals surface area contributed by atoms with Crippen LogP contribution < -0.4 is 10.6 Å². The fraction of sp³-hybridized carbons (Fsp3) is 0.722. The zero-order valence-electron chi connectivity index (χ0n) is 31.1. The van der Waals surface area contributed by atoms with Crippen LogP contribution in [0.2, 0.25) is 0 Å². The number of likely N-dealkylation sites (N-methyl/N-ethyl adjacent to an activating group) is 2. The standard InChI is InChI=1S/C36H61N5O8/c1-11-23(2)31(40(8)30(43)22-37-35(47)36(4,5)39(6)7)28(48-9)21-29(42)41-19-15-18-27(41)32(49-10)24(3)33(44)38-26(34(45)46)20-25-16-13-12-14-17-25/h12-14,16-17,23-24,26-28,31-32,34,45-46H,11,15,18-22H2,1-10H3,(H,37,47)(H,38,44)/t23?,24-,26+,27+,28?,31+,32-/m1/s1. The van der Waals surface area contributed by atoms with E-state index in [2.05, 4.69) is 10.6 Å². The number of rotatable bonds is 19. The molecule has 0 spiro atoms. The molecule has 1 aromatic carbocycles. The van der Waals surface area contributed by atoms with Crippen LogP contribution in [0.1, 0.15) is 65.9 Å². The number of carbonyl (C=O) groups excluding carboxylic acids is 4. The Hall–Kier alpha value is -3.10. The van der Waals surface area contributed by atoms with Gasteiger partial charge in [-0.1, -0.05) is 57.5 Å². The highest BCUT2D eigenvalue weighted by Gasteiger charge is 2.42. The number of hydrogen-bond donors (Lipinski definition) is 4. The molecule has 4 N–H and O–H groups in total. The number of hydrogen-bond acceptors (Lipinski definition) is 9. The van der Waals surface area contributed by atoms with Gasteiger partial charge >= 0.3 is 0 Å². The molecule has 1 heterocycles. The van der Waals surface area contributed by atoms with E-state index in [0.29, 0.717) is 13.0 Å². The second-order valence-electron chi connectivity index (χ2n) is 14.0. The van der Waals surface area contributed by atoms with Gasteiger partial charge in [0.05, 0.1) is 54.8 Å². The van der Waals surface area contributed by atoms with E-state index in [1.165, 1.54) is 14.2 Å². The van der Waals surface area contributed by atoms with Crippen molar-refractivity contribution < 1.29 is 38.9 Å². The van der Waals surface area contributed by atoms with Gasteiger partial charge in [0.2, 0.25) is 23.6 Å². The summed E-state index contributed by atoms with van der Waals surface area (Å²) < 4.78 is 11.7. The van der Waals surface area contributed by atoms with Crippen molar-refractivity contribution >= 4 is 23.6 Å². The third-order valence-electron chi connectivity index (χ3n) is 10.4. The van der Waals surface area contributed by atoms with Gasteiger partial charge in [-0.05, 0) is 58.7 Å².